The highest BCUT2D eigenvalue weighted by Gasteiger charge is 2.30. The van der Waals surface area contributed by atoms with Crippen molar-refractivity contribution < 1.29 is 17.7 Å². The molecule has 11 heteroatoms. The van der Waals surface area contributed by atoms with Crippen molar-refractivity contribution in [3.8, 4) is 22.6 Å². The highest BCUT2D eigenvalue weighted by Crippen LogP contribution is 2.31. The van der Waals surface area contributed by atoms with Gasteiger partial charge in [0.05, 0.1) is 11.3 Å². The second kappa shape index (κ2) is 7.69. The monoisotopic (exact) mass is 452 g/mol. The molecule has 0 bridgehead atoms. The Hall–Kier alpha value is -4.28. The Bertz CT molecular complexity index is 1520. The van der Waals surface area contributed by atoms with Crippen molar-refractivity contribution in [2.75, 3.05) is 0 Å². The number of rotatable bonds is 4. The second-order valence-corrected chi connectivity index (χ2v) is 7.39. The van der Waals surface area contributed by atoms with Gasteiger partial charge in [-0.1, -0.05) is 47.1 Å². The van der Waals surface area contributed by atoms with Gasteiger partial charge in [-0.25, -0.2) is 9.48 Å². The first-order valence-corrected chi connectivity index (χ1v) is 9.82. The van der Waals surface area contributed by atoms with Gasteiger partial charge in [-0.15, -0.1) is 5.10 Å². The molecule has 8 nitrogen and oxygen atoms in total. The quantitative estimate of drug-likeness (QED) is 0.410. The van der Waals surface area contributed by atoms with E-state index in [1.165, 1.54) is 16.6 Å². The predicted molar refractivity (Wildman–Crippen MR) is 111 cm³/mol. The fourth-order valence-corrected chi connectivity index (χ4v) is 3.29. The smallest absolute Gasteiger partial charge is 0.337 e. The van der Waals surface area contributed by atoms with Crippen molar-refractivity contribution in [3.05, 3.63) is 88.2 Å². The molecule has 0 aliphatic rings. The molecule has 5 rings (SSSR count). The third-order valence-corrected chi connectivity index (χ3v) is 4.99. The van der Waals surface area contributed by atoms with Gasteiger partial charge in [0, 0.05) is 11.1 Å². The third-order valence-electron chi connectivity index (χ3n) is 4.99. The van der Waals surface area contributed by atoms with E-state index in [0.717, 1.165) is 27.9 Å². The van der Waals surface area contributed by atoms with E-state index in [9.17, 15) is 18.0 Å². The molecule has 0 saturated heterocycles. The standard InChI is InChI=1S/C22H15F3N6O2/c1-13-5-7-14(8-6-13)17-9-10-18-28-30(21(32)31(18)27-17)12-19-26-20(29-33-19)15-3-2-4-16(11-15)22(23,24)25/h2-11H,12H2,1H3. The van der Waals surface area contributed by atoms with Crippen LogP contribution < -0.4 is 5.69 Å². The summed E-state index contributed by atoms with van der Waals surface area (Å²) in [4.78, 5) is 16.9. The Kier molecular flexibility index (Phi) is 4.81. The van der Waals surface area contributed by atoms with Gasteiger partial charge in [-0.05, 0) is 31.2 Å². The average molecular weight is 452 g/mol. The average Bonchev–Trinajstić information content (AvgIpc) is 3.39. The summed E-state index contributed by atoms with van der Waals surface area (Å²) >= 11 is 0. The van der Waals surface area contributed by atoms with Crippen LogP contribution in [0.5, 0.6) is 0 Å². The molecule has 166 valence electrons. The molecule has 0 N–H and O–H groups in total. The molecule has 0 aliphatic heterocycles. The van der Waals surface area contributed by atoms with Crippen LogP contribution in [0.15, 0.2) is 70.0 Å². The lowest BCUT2D eigenvalue weighted by molar-refractivity contribution is -0.137. The first-order valence-electron chi connectivity index (χ1n) is 9.82. The Labute approximate surface area is 183 Å². The molecule has 0 radical (unpaired) electrons. The summed E-state index contributed by atoms with van der Waals surface area (Å²) in [7, 11) is 0. The zero-order chi connectivity index (χ0) is 23.2. The van der Waals surface area contributed by atoms with Gasteiger partial charge in [-0.2, -0.15) is 27.8 Å². The topological polar surface area (TPSA) is 91.1 Å². The van der Waals surface area contributed by atoms with Gasteiger partial charge in [0.2, 0.25) is 11.7 Å². The minimum atomic E-state index is -4.49. The Morgan fingerprint density at radius 3 is 2.52 bits per heavy atom. The maximum Gasteiger partial charge on any atom is 0.416 e. The molecule has 33 heavy (non-hydrogen) atoms. The Morgan fingerprint density at radius 2 is 1.76 bits per heavy atom. The maximum absolute atomic E-state index is 13.0. The highest BCUT2D eigenvalue weighted by molar-refractivity contribution is 5.60. The molecule has 0 amide bonds. The lowest BCUT2D eigenvalue weighted by Crippen LogP contribution is -2.23. The van der Waals surface area contributed by atoms with Crippen molar-refractivity contribution in [1.82, 2.24) is 29.5 Å². The van der Waals surface area contributed by atoms with E-state index < -0.39 is 17.4 Å². The number of alkyl halides is 3. The molecule has 0 saturated carbocycles. The Morgan fingerprint density at radius 1 is 0.970 bits per heavy atom. The molecule has 0 atom stereocenters. The number of halogens is 3. The SMILES string of the molecule is Cc1ccc(-c2ccc3nn(Cc4nc(-c5cccc(C(F)(F)F)c5)no4)c(=O)n3n2)cc1. The van der Waals surface area contributed by atoms with E-state index in [1.54, 1.807) is 12.1 Å². The van der Waals surface area contributed by atoms with Gasteiger partial charge in [0.15, 0.2) is 5.65 Å². The van der Waals surface area contributed by atoms with Gasteiger partial charge >= 0.3 is 11.9 Å². The third kappa shape index (κ3) is 4.00. The molecule has 5 aromatic rings. The molecule has 0 fully saturated rings. The summed E-state index contributed by atoms with van der Waals surface area (Å²) in [5.74, 6) is -0.000582. The summed E-state index contributed by atoms with van der Waals surface area (Å²) in [6, 6.07) is 15.7. The minimum Gasteiger partial charge on any atom is -0.337 e. The van der Waals surface area contributed by atoms with Crippen LogP contribution in [0, 0.1) is 6.92 Å². The molecular weight excluding hydrogens is 437 g/mol. The fraction of sp³-hybridized carbons (Fsp3) is 0.136. The molecular formula is C22H15F3N6O2. The first kappa shape index (κ1) is 20.6. The molecule has 3 aromatic heterocycles. The van der Waals surface area contributed by atoms with Crippen LogP contribution >= 0.6 is 0 Å². The predicted octanol–water partition coefficient (Wildman–Crippen LogP) is 3.98. The molecule has 0 aliphatic carbocycles. The number of nitrogens with zero attached hydrogens (tertiary/aromatic N) is 6. The molecule has 3 heterocycles. The van der Waals surface area contributed by atoms with E-state index in [1.807, 2.05) is 31.2 Å². The number of aromatic nitrogens is 6. The lowest BCUT2D eigenvalue weighted by atomic mass is 10.1. The van der Waals surface area contributed by atoms with Gasteiger partial charge < -0.3 is 4.52 Å². The molecule has 0 unspecified atom stereocenters. The van der Waals surface area contributed by atoms with E-state index in [0.29, 0.717) is 11.3 Å². The number of hydrogen-bond donors (Lipinski definition) is 0. The number of aryl methyl sites for hydroxylation is 1. The van der Waals surface area contributed by atoms with Crippen molar-refractivity contribution >= 4 is 5.65 Å². The minimum absolute atomic E-state index is 0.0201. The van der Waals surface area contributed by atoms with Crippen molar-refractivity contribution in [1.29, 1.82) is 0 Å². The van der Waals surface area contributed by atoms with Crippen LogP contribution in [0.25, 0.3) is 28.3 Å². The number of fused-ring (bicyclic) bond motifs is 1. The van der Waals surface area contributed by atoms with Crippen LogP contribution in [0.1, 0.15) is 17.0 Å². The van der Waals surface area contributed by atoms with Gasteiger partial charge in [0.1, 0.15) is 6.54 Å². The normalized spacial score (nSPS) is 11.9. The van der Waals surface area contributed by atoms with Crippen LogP contribution in [0.3, 0.4) is 0 Å². The van der Waals surface area contributed by atoms with Crippen LogP contribution in [0.4, 0.5) is 13.2 Å². The van der Waals surface area contributed by atoms with E-state index in [4.69, 9.17) is 4.52 Å². The zero-order valence-electron chi connectivity index (χ0n) is 17.1. The summed E-state index contributed by atoms with van der Waals surface area (Å²) in [5.41, 5.74) is 1.70. The molecule has 0 spiro atoms. The van der Waals surface area contributed by atoms with Crippen molar-refractivity contribution in [2.45, 2.75) is 19.6 Å². The zero-order valence-corrected chi connectivity index (χ0v) is 17.1. The number of benzene rings is 2. The Balaban J connectivity index is 1.43. The summed E-state index contributed by atoms with van der Waals surface area (Å²) in [6.07, 6.45) is -4.49. The first-order chi connectivity index (χ1) is 15.8. The summed E-state index contributed by atoms with van der Waals surface area (Å²) in [6.45, 7) is 1.82. The van der Waals surface area contributed by atoms with Gasteiger partial charge in [-0.3, -0.25) is 0 Å². The lowest BCUT2D eigenvalue weighted by Gasteiger charge is -2.06. The van der Waals surface area contributed by atoms with E-state index in [2.05, 4.69) is 20.3 Å². The van der Waals surface area contributed by atoms with Crippen LogP contribution in [0.2, 0.25) is 0 Å². The fourth-order valence-electron chi connectivity index (χ4n) is 3.29. The summed E-state index contributed by atoms with van der Waals surface area (Å²) in [5, 5.41) is 12.3. The maximum atomic E-state index is 13.0. The van der Waals surface area contributed by atoms with Gasteiger partial charge in [0.25, 0.3) is 0 Å². The highest BCUT2D eigenvalue weighted by atomic mass is 19.4. The van der Waals surface area contributed by atoms with Crippen LogP contribution in [-0.2, 0) is 12.7 Å². The number of hydrogen-bond acceptors (Lipinski definition) is 6. The summed E-state index contributed by atoms with van der Waals surface area (Å²) < 4.78 is 46.3. The largest absolute Gasteiger partial charge is 0.416 e. The van der Waals surface area contributed by atoms with E-state index >= 15 is 0 Å². The van der Waals surface area contributed by atoms with E-state index in [-0.39, 0.29) is 23.8 Å². The second-order valence-electron chi connectivity index (χ2n) is 7.39. The van der Waals surface area contributed by atoms with Crippen molar-refractivity contribution in [3.63, 3.8) is 0 Å². The van der Waals surface area contributed by atoms with Crippen molar-refractivity contribution in [2.24, 2.45) is 0 Å². The van der Waals surface area contributed by atoms with Crippen LogP contribution in [-0.4, -0.2) is 29.5 Å². The molecule has 2 aromatic carbocycles.